The van der Waals surface area contributed by atoms with Crippen molar-refractivity contribution in [1.29, 1.82) is 0 Å². The van der Waals surface area contributed by atoms with Crippen LogP contribution in [0.25, 0.3) is 0 Å². The summed E-state index contributed by atoms with van der Waals surface area (Å²) in [6.45, 7) is 6.47. The molecule has 1 aromatic rings. The van der Waals surface area contributed by atoms with Crippen LogP contribution in [-0.2, 0) is 0 Å². The van der Waals surface area contributed by atoms with E-state index < -0.39 is 0 Å². The molecule has 0 atom stereocenters. The van der Waals surface area contributed by atoms with Gasteiger partial charge in [0.25, 0.3) is 0 Å². The molecule has 1 saturated heterocycles. The van der Waals surface area contributed by atoms with Crippen molar-refractivity contribution in [2.45, 2.75) is 13.3 Å². The lowest BCUT2D eigenvalue weighted by molar-refractivity contribution is 0.411. The van der Waals surface area contributed by atoms with Gasteiger partial charge in [-0.05, 0) is 31.5 Å². The van der Waals surface area contributed by atoms with Crippen molar-refractivity contribution in [2.24, 2.45) is 0 Å². The zero-order chi connectivity index (χ0) is 11.4. The number of ether oxygens (including phenoxy) is 1. The van der Waals surface area contributed by atoms with Crippen LogP contribution >= 0.6 is 0 Å². The van der Waals surface area contributed by atoms with Gasteiger partial charge in [0, 0.05) is 31.4 Å². The molecule has 0 saturated carbocycles. The topological polar surface area (TPSA) is 24.5 Å². The van der Waals surface area contributed by atoms with Gasteiger partial charge >= 0.3 is 0 Å². The predicted molar refractivity (Wildman–Crippen MR) is 67.4 cm³/mol. The van der Waals surface area contributed by atoms with Gasteiger partial charge in [0.15, 0.2) is 0 Å². The van der Waals surface area contributed by atoms with Crippen molar-refractivity contribution in [3.8, 4) is 5.75 Å². The van der Waals surface area contributed by atoms with E-state index in [1.54, 1.807) is 7.11 Å². The predicted octanol–water partition coefficient (Wildman–Crippen LogP) is 1.80. The minimum Gasteiger partial charge on any atom is -0.496 e. The fraction of sp³-hybridized carbons (Fsp3) is 0.538. The summed E-state index contributed by atoms with van der Waals surface area (Å²) in [6.07, 6.45) is 1.20. The fourth-order valence-electron chi connectivity index (χ4n) is 2.11. The molecule has 16 heavy (non-hydrogen) atoms. The summed E-state index contributed by atoms with van der Waals surface area (Å²) < 4.78 is 5.37. The molecule has 0 radical (unpaired) electrons. The molecule has 0 aromatic heterocycles. The van der Waals surface area contributed by atoms with Crippen molar-refractivity contribution in [3.05, 3.63) is 23.8 Å². The van der Waals surface area contributed by atoms with E-state index in [9.17, 15) is 0 Å². The Labute approximate surface area is 97.4 Å². The molecule has 2 rings (SSSR count). The van der Waals surface area contributed by atoms with Gasteiger partial charge in [-0.3, -0.25) is 0 Å². The first-order chi connectivity index (χ1) is 7.81. The lowest BCUT2D eigenvalue weighted by Gasteiger charge is -2.23. The van der Waals surface area contributed by atoms with Crippen LogP contribution in [0, 0.1) is 6.92 Å². The zero-order valence-electron chi connectivity index (χ0n) is 10.1. The van der Waals surface area contributed by atoms with Crippen LogP contribution in [0.5, 0.6) is 5.75 Å². The summed E-state index contributed by atoms with van der Waals surface area (Å²) in [4.78, 5) is 2.42. The van der Waals surface area contributed by atoms with Gasteiger partial charge in [0.05, 0.1) is 7.11 Å². The lowest BCUT2D eigenvalue weighted by atomic mass is 10.2. The van der Waals surface area contributed by atoms with E-state index in [0.717, 1.165) is 31.9 Å². The molecule has 0 spiro atoms. The minimum atomic E-state index is 0.981. The zero-order valence-corrected chi connectivity index (χ0v) is 10.1. The Hall–Kier alpha value is -1.22. The third kappa shape index (κ3) is 2.47. The van der Waals surface area contributed by atoms with Gasteiger partial charge in [0.2, 0.25) is 0 Å². The fourth-order valence-corrected chi connectivity index (χ4v) is 2.11. The second-order valence-corrected chi connectivity index (χ2v) is 4.24. The summed E-state index contributed by atoms with van der Waals surface area (Å²) in [7, 11) is 1.73. The van der Waals surface area contributed by atoms with E-state index in [1.165, 1.54) is 17.7 Å². The molecule has 1 heterocycles. The summed E-state index contributed by atoms with van der Waals surface area (Å²) in [5, 5.41) is 3.41. The highest BCUT2D eigenvalue weighted by molar-refractivity contribution is 5.53. The lowest BCUT2D eigenvalue weighted by Crippen LogP contribution is -2.27. The summed E-state index contributed by atoms with van der Waals surface area (Å²) >= 11 is 0. The highest BCUT2D eigenvalue weighted by Gasteiger charge is 2.10. The Morgan fingerprint density at radius 2 is 2.12 bits per heavy atom. The van der Waals surface area contributed by atoms with Crippen LogP contribution in [0.15, 0.2) is 18.2 Å². The van der Waals surface area contributed by atoms with E-state index in [0.29, 0.717) is 0 Å². The van der Waals surface area contributed by atoms with E-state index in [1.807, 2.05) is 0 Å². The first kappa shape index (κ1) is 11.3. The van der Waals surface area contributed by atoms with Gasteiger partial charge in [-0.2, -0.15) is 0 Å². The molecule has 1 aromatic carbocycles. The first-order valence-corrected chi connectivity index (χ1v) is 5.91. The highest BCUT2D eigenvalue weighted by atomic mass is 16.5. The maximum Gasteiger partial charge on any atom is 0.123 e. The molecular weight excluding hydrogens is 200 g/mol. The number of anilines is 1. The number of aryl methyl sites for hydroxylation is 1. The van der Waals surface area contributed by atoms with Crippen LogP contribution in [-0.4, -0.2) is 33.3 Å². The van der Waals surface area contributed by atoms with Gasteiger partial charge in [-0.1, -0.05) is 6.07 Å². The molecular formula is C13H20N2O. The molecule has 0 unspecified atom stereocenters. The van der Waals surface area contributed by atoms with Gasteiger partial charge in [-0.15, -0.1) is 0 Å². The maximum atomic E-state index is 5.37. The number of nitrogens with zero attached hydrogens (tertiary/aromatic N) is 1. The van der Waals surface area contributed by atoms with Crippen LogP contribution in [0.4, 0.5) is 5.69 Å². The molecule has 3 nitrogen and oxygen atoms in total. The molecule has 1 fully saturated rings. The summed E-state index contributed by atoms with van der Waals surface area (Å²) in [5.41, 5.74) is 2.46. The maximum absolute atomic E-state index is 5.37. The number of hydrogen-bond acceptors (Lipinski definition) is 3. The Bertz CT molecular complexity index is 344. The Morgan fingerprint density at radius 1 is 1.25 bits per heavy atom. The number of benzene rings is 1. The van der Waals surface area contributed by atoms with E-state index in [2.05, 4.69) is 35.3 Å². The molecule has 1 N–H and O–H groups in total. The van der Waals surface area contributed by atoms with Gasteiger partial charge in [-0.25, -0.2) is 0 Å². The molecule has 0 aliphatic carbocycles. The quantitative estimate of drug-likeness (QED) is 0.822. The number of hydrogen-bond donors (Lipinski definition) is 1. The second kappa shape index (κ2) is 5.21. The smallest absolute Gasteiger partial charge is 0.123 e. The molecule has 0 bridgehead atoms. The Kier molecular flexibility index (Phi) is 3.67. The normalized spacial score (nSPS) is 17.0. The molecule has 88 valence electrons. The number of nitrogens with one attached hydrogen (secondary N) is 1. The Balaban J connectivity index is 2.18. The standard InChI is InChI=1S/C13H20N2O/c1-11-4-5-12(10-13(11)16-2)15-8-3-6-14-7-9-15/h4-5,10,14H,3,6-9H2,1-2H3. The minimum absolute atomic E-state index is 0.981. The average Bonchev–Trinajstić information content (AvgIpc) is 2.58. The summed E-state index contributed by atoms with van der Waals surface area (Å²) in [5.74, 6) is 0.981. The SMILES string of the molecule is COc1cc(N2CCCNCC2)ccc1C. The summed E-state index contributed by atoms with van der Waals surface area (Å²) in [6, 6.07) is 6.45. The van der Waals surface area contributed by atoms with Gasteiger partial charge in [0.1, 0.15) is 5.75 Å². The van der Waals surface area contributed by atoms with Crippen molar-refractivity contribution in [1.82, 2.24) is 5.32 Å². The first-order valence-electron chi connectivity index (χ1n) is 5.91. The third-order valence-electron chi connectivity index (χ3n) is 3.10. The monoisotopic (exact) mass is 220 g/mol. The van der Waals surface area contributed by atoms with Crippen molar-refractivity contribution in [3.63, 3.8) is 0 Å². The largest absolute Gasteiger partial charge is 0.496 e. The Morgan fingerprint density at radius 3 is 2.94 bits per heavy atom. The van der Waals surface area contributed by atoms with Crippen molar-refractivity contribution in [2.75, 3.05) is 38.2 Å². The number of rotatable bonds is 2. The van der Waals surface area contributed by atoms with Crippen molar-refractivity contribution < 1.29 is 4.74 Å². The van der Waals surface area contributed by atoms with Crippen LogP contribution in [0.1, 0.15) is 12.0 Å². The highest BCUT2D eigenvalue weighted by Crippen LogP contribution is 2.25. The number of methoxy groups -OCH3 is 1. The van der Waals surface area contributed by atoms with Crippen molar-refractivity contribution >= 4 is 5.69 Å². The molecule has 0 amide bonds. The van der Waals surface area contributed by atoms with Gasteiger partial charge < -0.3 is 15.0 Å². The van der Waals surface area contributed by atoms with E-state index >= 15 is 0 Å². The van der Waals surface area contributed by atoms with Crippen LogP contribution < -0.4 is 15.0 Å². The van der Waals surface area contributed by atoms with Crippen LogP contribution in [0.2, 0.25) is 0 Å². The average molecular weight is 220 g/mol. The van der Waals surface area contributed by atoms with E-state index in [4.69, 9.17) is 4.74 Å². The molecule has 1 aliphatic heterocycles. The third-order valence-corrected chi connectivity index (χ3v) is 3.10. The molecule has 1 aliphatic rings. The van der Waals surface area contributed by atoms with Crippen LogP contribution in [0.3, 0.4) is 0 Å². The van der Waals surface area contributed by atoms with E-state index in [-0.39, 0.29) is 0 Å². The molecule has 3 heteroatoms. The second-order valence-electron chi connectivity index (χ2n) is 4.24.